The second kappa shape index (κ2) is 7.35. The van der Waals surface area contributed by atoms with Crippen LogP contribution < -0.4 is 10.2 Å². The molecule has 7 nitrogen and oxygen atoms in total. The number of nitrogens with one attached hydrogen (secondary N) is 1. The summed E-state index contributed by atoms with van der Waals surface area (Å²) >= 11 is 0. The zero-order chi connectivity index (χ0) is 21.6. The Morgan fingerprint density at radius 1 is 1.03 bits per heavy atom. The molecule has 0 bridgehead atoms. The van der Waals surface area contributed by atoms with E-state index in [0.717, 1.165) is 31.9 Å². The lowest BCUT2D eigenvalue weighted by Crippen LogP contribution is -2.54. The fourth-order valence-corrected chi connectivity index (χ4v) is 5.37. The molecule has 2 fully saturated rings. The fourth-order valence-electron chi connectivity index (χ4n) is 4.81. The Labute approximate surface area is 178 Å². The van der Waals surface area contributed by atoms with Crippen molar-refractivity contribution in [3.8, 4) is 0 Å². The molecule has 2 aliphatic rings. The van der Waals surface area contributed by atoms with E-state index in [2.05, 4.69) is 53.6 Å². The van der Waals surface area contributed by atoms with Gasteiger partial charge in [0.2, 0.25) is 0 Å². The fraction of sp³-hybridized carbons (Fsp3) is 0.455. The quantitative estimate of drug-likeness (QED) is 0.810. The number of urea groups is 1. The molecule has 0 atom stereocenters. The van der Waals surface area contributed by atoms with Crippen LogP contribution in [0.5, 0.6) is 0 Å². The van der Waals surface area contributed by atoms with Gasteiger partial charge in [0.15, 0.2) is 9.84 Å². The third-order valence-corrected chi connectivity index (χ3v) is 7.80. The molecule has 1 aliphatic carbocycles. The number of carbonyl (C=O) groups excluding carboxylic acids is 1. The first-order chi connectivity index (χ1) is 14.2. The number of nitrogens with zero attached hydrogens (tertiary/aromatic N) is 3. The Bertz CT molecular complexity index is 1030. The lowest BCUT2D eigenvalue weighted by molar-refractivity contribution is 0.0657. The van der Waals surface area contributed by atoms with E-state index in [1.165, 1.54) is 17.8 Å². The normalized spacial score (nSPS) is 26.9. The molecule has 1 saturated carbocycles. The van der Waals surface area contributed by atoms with Gasteiger partial charge in [-0.05, 0) is 57.5 Å². The number of anilines is 1. The predicted octanol–water partition coefficient (Wildman–Crippen LogP) is 2.78. The van der Waals surface area contributed by atoms with Crippen LogP contribution in [0.15, 0.2) is 53.6 Å². The van der Waals surface area contributed by atoms with Gasteiger partial charge in [0.05, 0.1) is 17.0 Å². The number of carbonyl (C=O) groups is 1. The van der Waals surface area contributed by atoms with E-state index < -0.39 is 9.84 Å². The van der Waals surface area contributed by atoms with Crippen molar-refractivity contribution in [2.24, 2.45) is 0 Å². The van der Waals surface area contributed by atoms with Crippen LogP contribution in [0.3, 0.4) is 0 Å². The first kappa shape index (κ1) is 20.8. The van der Waals surface area contributed by atoms with Crippen LogP contribution in [0.25, 0.3) is 0 Å². The molecule has 1 aliphatic heterocycles. The van der Waals surface area contributed by atoms with Crippen LogP contribution in [-0.4, -0.2) is 56.8 Å². The SMILES string of the molecule is CN(C)C1(c2ccccc2)CCC2(CC1)CN(c1ccc(S(C)(=O)=O)cn1)C(=O)N2. The molecule has 8 heteroatoms. The highest BCUT2D eigenvalue weighted by Gasteiger charge is 2.50. The second-order valence-corrected chi connectivity index (χ2v) is 10.7. The summed E-state index contributed by atoms with van der Waals surface area (Å²) in [6.45, 7) is 0.537. The lowest BCUT2D eigenvalue weighted by Gasteiger charge is -2.48. The van der Waals surface area contributed by atoms with Gasteiger partial charge in [-0.2, -0.15) is 0 Å². The number of sulfone groups is 1. The average molecular weight is 429 g/mol. The molecule has 160 valence electrons. The highest BCUT2D eigenvalue weighted by molar-refractivity contribution is 7.90. The number of hydrogen-bond acceptors (Lipinski definition) is 5. The van der Waals surface area contributed by atoms with Crippen molar-refractivity contribution >= 4 is 21.7 Å². The first-order valence-electron chi connectivity index (χ1n) is 10.1. The van der Waals surface area contributed by atoms with E-state index in [9.17, 15) is 13.2 Å². The molecule has 1 aromatic carbocycles. The molecule has 1 N–H and O–H groups in total. The van der Waals surface area contributed by atoms with Crippen molar-refractivity contribution < 1.29 is 13.2 Å². The van der Waals surface area contributed by atoms with Gasteiger partial charge in [-0.3, -0.25) is 9.80 Å². The molecular formula is C22H28N4O3S. The Morgan fingerprint density at radius 3 is 2.23 bits per heavy atom. The van der Waals surface area contributed by atoms with E-state index in [4.69, 9.17) is 0 Å². The topological polar surface area (TPSA) is 82.6 Å². The Kier molecular flexibility index (Phi) is 5.10. The number of hydrogen-bond donors (Lipinski definition) is 1. The van der Waals surface area contributed by atoms with Crippen LogP contribution in [0.1, 0.15) is 31.2 Å². The summed E-state index contributed by atoms with van der Waals surface area (Å²) in [4.78, 5) is 21.1. The molecule has 0 radical (unpaired) electrons. The highest BCUT2D eigenvalue weighted by Crippen LogP contribution is 2.46. The van der Waals surface area contributed by atoms with Gasteiger partial charge in [-0.1, -0.05) is 30.3 Å². The van der Waals surface area contributed by atoms with E-state index in [-0.39, 0.29) is 22.0 Å². The van der Waals surface area contributed by atoms with E-state index in [0.29, 0.717) is 12.4 Å². The summed E-state index contributed by atoms with van der Waals surface area (Å²) in [6, 6.07) is 13.5. The van der Waals surface area contributed by atoms with Gasteiger partial charge in [-0.25, -0.2) is 18.2 Å². The minimum Gasteiger partial charge on any atom is -0.330 e. The van der Waals surface area contributed by atoms with Gasteiger partial charge in [0, 0.05) is 18.0 Å². The van der Waals surface area contributed by atoms with Crippen LogP contribution in [0.2, 0.25) is 0 Å². The van der Waals surface area contributed by atoms with Crippen LogP contribution in [0, 0.1) is 0 Å². The summed E-state index contributed by atoms with van der Waals surface area (Å²) < 4.78 is 23.3. The van der Waals surface area contributed by atoms with Crippen molar-refractivity contribution in [3.63, 3.8) is 0 Å². The molecule has 1 saturated heterocycles. The standard InChI is InChI=1S/C22H28N4O3S/c1-25(2)22(17-7-5-4-6-8-17)13-11-21(12-14-22)16-26(20(27)24-21)19-10-9-18(15-23-19)30(3,28)29/h4-10,15H,11-14,16H2,1-3H3,(H,24,27). The van der Waals surface area contributed by atoms with E-state index in [1.807, 2.05) is 6.07 Å². The molecule has 2 aromatic rings. The lowest BCUT2D eigenvalue weighted by atomic mass is 9.69. The summed E-state index contributed by atoms with van der Waals surface area (Å²) in [5.41, 5.74) is 0.979. The second-order valence-electron chi connectivity index (χ2n) is 8.71. The Morgan fingerprint density at radius 2 is 1.70 bits per heavy atom. The maximum Gasteiger partial charge on any atom is 0.323 e. The van der Waals surface area contributed by atoms with Crippen molar-refractivity contribution in [1.29, 1.82) is 0 Å². The highest BCUT2D eigenvalue weighted by atomic mass is 32.2. The molecule has 2 amide bonds. The van der Waals surface area contributed by atoms with Crippen molar-refractivity contribution in [2.75, 3.05) is 31.8 Å². The molecule has 30 heavy (non-hydrogen) atoms. The number of pyridine rings is 1. The zero-order valence-electron chi connectivity index (χ0n) is 17.6. The predicted molar refractivity (Wildman–Crippen MR) is 116 cm³/mol. The van der Waals surface area contributed by atoms with Gasteiger partial charge in [0.1, 0.15) is 5.82 Å². The summed E-state index contributed by atoms with van der Waals surface area (Å²) in [5, 5.41) is 3.20. The first-order valence-corrected chi connectivity index (χ1v) is 12.0. The summed E-state index contributed by atoms with van der Waals surface area (Å²) in [5.74, 6) is 0.476. The molecule has 4 rings (SSSR count). The Hall–Kier alpha value is -2.45. The van der Waals surface area contributed by atoms with Gasteiger partial charge >= 0.3 is 6.03 Å². The summed E-state index contributed by atoms with van der Waals surface area (Å²) in [7, 11) is 0.928. The van der Waals surface area contributed by atoms with Crippen molar-refractivity contribution in [2.45, 2.75) is 41.7 Å². The summed E-state index contributed by atoms with van der Waals surface area (Å²) in [6.07, 6.45) is 6.08. The van der Waals surface area contributed by atoms with Gasteiger partial charge in [0.25, 0.3) is 0 Å². The van der Waals surface area contributed by atoms with E-state index >= 15 is 0 Å². The number of amides is 2. The monoisotopic (exact) mass is 428 g/mol. The van der Waals surface area contributed by atoms with Crippen LogP contribution in [0.4, 0.5) is 10.6 Å². The minimum atomic E-state index is -3.32. The third kappa shape index (κ3) is 3.58. The van der Waals surface area contributed by atoms with Crippen LogP contribution in [-0.2, 0) is 15.4 Å². The van der Waals surface area contributed by atoms with Crippen LogP contribution >= 0.6 is 0 Å². The third-order valence-electron chi connectivity index (χ3n) is 6.70. The maximum atomic E-state index is 12.7. The van der Waals surface area contributed by atoms with E-state index in [1.54, 1.807) is 11.0 Å². The molecule has 0 unspecified atom stereocenters. The maximum absolute atomic E-state index is 12.7. The minimum absolute atomic E-state index is 0.0416. The van der Waals surface area contributed by atoms with Crippen molar-refractivity contribution in [1.82, 2.24) is 15.2 Å². The molecule has 2 heterocycles. The molecular weight excluding hydrogens is 400 g/mol. The molecule has 1 aromatic heterocycles. The molecule has 1 spiro atoms. The number of rotatable bonds is 4. The number of benzene rings is 1. The van der Waals surface area contributed by atoms with Crippen molar-refractivity contribution in [3.05, 3.63) is 54.2 Å². The Balaban J connectivity index is 1.53. The van der Waals surface area contributed by atoms with Gasteiger partial charge < -0.3 is 5.32 Å². The van der Waals surface area contributed by atoms with Gasteiger partial charge in [-0.15, -0.1) is 0 Å². The smallest absolute Gasteiger partial charge is 0.323 e. The zero-order valence-corrected chi connectivity index (χ0v) is 18.4. The number of aromatic nitrogens is 1. The average Bonchev–Trinajstić information content (AvgIpc) is 3.04. The largest absolute Gasteiger partial charge is 0.330 e.